The van der Waals surface area contributed by atoms with Crippen LogP contribution in [-0.4, -0.2) is 35.2 Å². The van der Waals surface area contributed by atoms with Gasteiger partial charge in [-0.05, 0) is 24.6 Å². The molecule has 3 aromatic carbocycles. The predicted octanol–water partition coefficient (Wildman–Crippen LogP) is 5.15. The van der Waals surface area contributed by atoms with Crippen molar-refractivity contribution in [2.45, 2.75) is 19.5 Å². The normalized spacial score (nSPS) is 14.9. The Kier molecular flexibility index (Phi) is 5.34. The molecule has 0 saturated heterocycles. The van der Waals surface area contributed by atoms with Gasteiger partial charge in [-0.2, -0.15) is 5.10 Å². The standard InChI is InChI=1S/C27H25N3O3/c1-17-9-11-19(12-10-17)24-23-25(29-28-24)27(31)30(16-18-7-5-4-6-8-18)26(23)21-14-13-20(32-2)15-22(21)33-3/h4-15,26H,16H2,1-3H3,(H,28,29). The van der Waals surface area contributed by atoms with E-state index >= 15 is 0 Å². The van der Waals surface area contributed by atoms with Crippen molar-refractivity contribution in [3.63, 3.8) is 0 Å². The Hall–Kier alpha value is -4.06. The summed E-state index contributed by atoms with van der Waals surface area (Å²) >= 11 is 0. The van der Waals surface area contributed by atoms with Gasteiger partial charge < -0.3 is 14.4 Å². The molecule has 1 amide bonds. The molecule has 0 saturated carbocycles. The van der Waals surface area contributed by atoms with E-state index in [0.29, 0.717) is 23.7 Å². The molecule has 5 rings (SSSR count). The van der Waals surface area contributed by atoms with Gasteiger partial charge in [0.15, 0.2) is 0 Å². The summed E-state index contributed by atoms with van der Waals surface area (Å²) in [6.07, 6.45) is 0. The smallest absolute Gasteiger partial charge is 0.273 e. The number of nitrogens with one attached hydrogen (secondary N) is 1. The number of fused-ring (bicyclic) bond motifs is 1. The molecule has 4 aromatic rings. The minimum absolute atomic E-state index is 0.0809. The number of ether oxygens (including phenoxy) is 2. The van der Waals surface area contributed by atoms with E-state index in [-0.39, 0.29) is 11.9 Å². The predicted molar refractivity (Wildman–Crippen MR) is 126 cm³/mol. The summed E-state index contributed by atoms with van der Waals surface area (Å²) in [7, 11) is 3.26. The van der Waals surface area contributed by atoms with Gasteiger partial charge in [0.1, 0.15) is 17.2 Å². The number of rotatable bonds is 6. The molecule has 6 nitrogen and oxygen atoms in total. The van der Waals surface area contributed by atoms with Gasteiger partial charge in [0.25, 0.3) is 5.91 Å². The second kappa shape index (κ2) is 8.47. The SMILES string of the molecule is COc1ccc(C2c3c(-c4ccc(C)cc4)n[nH]c3C(=O)N2Cc2ccccc2)c(OC)c1. The highest BCUT2D eigenvalue weighted by atomic mass is 16.5. The Labute approximate surface area is 192 Å². The van der Waals surface area contributed by atoms with Crippen LogP contribution in [0.5, 0.6) is 11.5 Å². The Morgan fingerprint density at radius 2 is 1.73 bits per heavy atom. The topological polar surface area (TPSA) is 67.5 Å². The molecule has 0 bridgehead atoms. The van der Waals surface area contributed by atoms with Crippen molar-refractivity contribution >= 4 is 5.91 Å². The molecule has 0 radical (unpaired) electrons. The van der Waals surface area contributed by atoms with Crippen LogP contribution in [0.3, 0.4) is 0 Å². The van der Waals surface area contributed by atoms with Crippen LogP contribution in [0.2, 0.25) is 0 Å². The van der Waals surface area contributed by atoms with Gasteiger partial charge in [0.2, 0.25) is 0 Å². The fourth-order valence-electron chi connectivity index (χ4n) is 4.44. The number of carbonyl (C=O) groups excluding carboxylic acids is 1. The van der Waals surface area contributed by atoms with Crippen molar-refractivity contribution in [2.75, 3.05) is 14.2 Å². The minimum Gasteiger partial charge on any atom is -0.497 e. The van der Waals surface area contributed by atoms with Crippen LogP contribution in [-0.2, 0) is 6.54 Å². The Balaban J connectivity index is 1.68. The zero-order valence-corrected chi connectivity index (χ0v) is 18.8. The van der Waals surface area contributed by atoms with Gasteiger partial charge in [-0.25, -0.2) is 0 Å². The second-order valence-corrected chi connectivity index (χ2v) is 8.16. The number of hydrogen-bond acceptors (Lipinski definition) is 4. The summed E-state index contributed by atoms with van der Waals surface area (Å²) in [5, 5.41) is 7.57. The van der Waals surface area contributed by atoms with Crippen molar-refractivity contribution in [2.24, 2.45) is 0 Å². The van der Waals surface area contributed by atoms with Crippen molar-refractivity contribution < 1.29 is 14.3 Å². The molecule has 0 aliphatic carbocycles. The number of methoxy groups -OCH3 is 2. The number of benzene rings is 3. The lowest BCUT2D eigenvalue weighted by atomic mass is 9.94. The molecular formula is C27H25N3O3. The van der Waals surface area contributed by atoms with Crippen LogP contribution in [0, 0.1) is 6.92 Å². The Morgan fingerprint density at radius 3 is 2.42 bits per heavy atom. The van der Waals surface area contributed by atoms with Gasteiger partial charge in [0.05, 0.1) is 26.0 Å². The van der Waals surface area contributed by atoms with E-state index < -0.39 is 0 Å². The van der Waals surface area contributed by atoms with Crippen LogP contribution in [0.15, 0.2) is 72.8 Å². The molecule has 0 spiro atoms. The summed E-state index contributed by atoms with van der Waals surface area (Å²) < 4.78 is 11.1. The van der Waals surface area contributed by atoms with E-state index in [1.54, 1.807) is 14.2 Å². The first-order valence-electron chi connectivity index (χ1n) is 10.8. The summed E-state index contributed by atoms with van der Waals surface area (Å²) in [5.41, 5.74) is 6.23. The summed E-state index contributed by atoms with van der Waals surface area (Å²) in [5.74, 6) is 1.28. The van der Waals surface area contributed by atoms with Crippen molar-refractivity contribution in [1.82, 2.24) is 15.1 Å². The highest BCUT2D eigenvalue weighted by Crippen LogP contribution is 2.46. The molecule has 1 unspecified atom stereocenters. The third-order valence-electron chi connectivity index (χ3n) is 6.12. The fourth-order valence-corrected chi connectivity index (χ4v) is 4.44. The number of H-pyrrole nitrogens is 1. The lowest BCUT2D eigenvalue weighted by Crippen LogP contribution is -2.29. The first-order valence-corrected chi connectivity index (χ1v) is 10.8. The number of aromatic nitrogens is 2. The maximum atomic E-state index is 13.6. The molecule has 33 heavy (non-hydrogen) atoms. The lowest BCUT2D eigenvalue weighted by molar-refractivity contribution is 0.0728. The van der Waals surface area contributed by atoms with Gasteiger partial charge in [-0.1, -0.05) is 60.2 Å². The van der Waals surface area contributed by atoms with Crippen molar-refractivity contribution in [1.29, 1.82) is 0 Å². The molecule has 1 aliphatic rings. The molecular weight excluding hydrogens is 414 g/mol. The van der Waals surface area contributed by atoms with Crippen LogP contribution < -0.4 is 9.47 Å². The van der Waals surface area contributed by atoms with Gasteiger partial charge >= 0.3 is 0 Å². The molecule has 0 fully saturated rings. The molecule has 6 heteroatoms. The maximum absolute atomic E-state index is 13.6. The first kappa shape index (κ1) is 20.8. The zero-order valence-electron chi connectivity index (χ0n) is 18.8. The number of hydrogen-bond donors (Lipinski definition) is 1. The molecule has 2 heterocycles. The lowest BCUT2D eigenvalue weighted by Gasteiger charge is -2.28. The fraction of sp³-hybridized carbons (Fsp3) is 0.185. The van der Waals surface area contributed by atoms with Crippen LogP contribution >= 0.6 is 0 Å². The molecule has 1 aromatic heterocycles. The highest BCUT2D eigenvalue weighted by molar-refractivity contribution is 6.00. The molecule has 1 N–H and O–H groups in total. The van der Waals surface area contributed by atoms with E-state index in [2.05, 4.69) is 29.3 Å². The summed E-state index contributed by atoms with van der Waals surface area (Å²) in [4.78, 5) is 15.5. The zero-order chi connectivity index (χ0) is 22.9. The Bertz CT molecular complexity index is 1300. The molecule has 1 aliphatic heterocycles. The third kappa shape index (κ3) is 3.63. The van der Waals surface area contributed by atoms with Gasteiger partial charge in [-0.3, -0.25) is 9.89 Å². The number of amides is 1. The molecule has 1 atom stereocenters. The maximum Gasteiger partial charge on any atom is 0.273 e. The Morgan fingerprint density at radius 1 is 0.970 bits per heavy atom. The van der Waals surface area contributed by atoms with Crippen LogP contribution in [0.4, 0.5) is 0 Å². The average Bonchev–Trinajstić information content (AvgIpc) is 3.39. The average molecular weight is 440 g/mol. The largest absolute Gasteiger partial charge is 0.497 e. The summed E-state index contributed by atoms with van der Waals surface area (Å²) in [6.45, 7) is 2.52. The number of aryl methyl sites for hydroxylation is 1. The monoisotopic (exact) mass is 439 g/mol. The van der Waals surface area contributed by atoms with Crippen molar-refractivity contribution in [3.05, 3.63) is 101 Å². The van der Waals surface area contributed by atoms with Crippen molar-refractivity contribution in [3.8, 4) is 22.8 Å². The van der Waals surface area contributed by atoms with Gasteiger partial charge in [-0.15, -0.1) is 0 Å². The minimum atomic E-state index is -0.358. The molecule has 166 valence electrons. The highest BCUT2D eigenvalue weighted by Gasteiger charge is 2.43. The second-order valence-electron chi connectivity index (χ2n) is 8.16. The first-order chi connectivity index (χ1) is 16.1. The van der Waals surface area contributed by atoms with E-state index in [0.717, 1.165) is 27.9 Å². The van der Waals surface area contributed by atoms with E-state index in [9.17, 15) is 4.79 Å². The van der Waals surface area contributed by atoms with Crippen LogP contribution in [0.25, 0.3) is 11.3 Å². The van der Waals surface area contributed by atoms with Gasteiger partial charge in [0, 0.05) is 29.3 Å². The van der Waals surface area contributed by atoms with E-state index in [1.165, 1.54) is 5.56 Å². The van der Waals surface area contributed by atoms with E-state index in [1.807, 2.05) is 65.6 Å². The quantitative estimate of drug-likeness (QED) is 0.451. The third-order valence-corrected chi connectivity index (χ3v) is 6.12. The number of nitrogens with zero attached hydrogens (tertiary/aromatic N) is 2. The van der Waals surface area contributed by atoms with E-state index in [4.69, 9.17) is 9.47 Å². The summed E-state index contributed by atoms with van der Waals surface area (Å²) in [6, 6.07) is 23.5. The number of aromatic amines is 1. The number of carbonyl (C=O) groups is 1. The van der Waals surface area contributed by atoms with Crippen LogP contribution in [0.1, 0.15) is 38.8 Å².